The van der Waals surface area contributed by atoms with Crippen LogP contribution >= 0.6 is 0 Å². The van der Waals surface area contributed by atoms with E-state index in [0.717, 1.165) is 24.7 Å². The molecular formula is C31H48O2. The van der Waals surface area contributed by atoms with Crippen LogP contribution in [0.5, 0.6) is 0 Å². The van der Waals surface area contributed by atoms with Crippen molar-refractivity contribution >= 4 is 11.5 Å². The molecule has 0 aliphatic heterocycles. The van der Waals surface area contributed by atoms with Crippen LogP contribution in [0.3, 0.4) is 0 Å². The third-order valence-electron chi connectivity index (χ3n) is 8.01. The second-order valence-electron chi connectivity index (χ2n) is 10.7. The van der Waals surface area contributed by atoms with E-state index in [1.165, 1.54) is 107 Å². The van der Waals surface area contributed by atoms with Crippen molar-refractivity contribution in [2.24, 2.45) is 11.8 Å². The first-order valence-electron chi connectivity index (χ1n) is 14.2. The van der Waals surface area contributed by atoms with Gasteiger partial charge in [0.2, 0.25) is 0 Å². The molecule has 0 bridgehead atoms. The van der Waals surface area contributed by atoms with Crippen molar-refractivity contribution in [1.82, 2.24) is 0 Å². The van der Waals surface area contributed by atoms with E-state index in [1.54, 1.807) is 0 Å². The van der Waals surface area contributed by atoms with Crippen LogP contribution in [0.15, 0.2) is 30.3 Å². The third-order valence-corrected chi connectivity index (χ3v) is 8.01. The number of hydrogen-bond donors (Lipinski definition) is 0. The van der Waals surface area contributed by atoms with Crippen molar-refractivity contribution in [3.05, 3.63) is 41.5 Å². The summed E-state index contributed by atoms with van der Waals surface area (Å²) in [6, 6.07) is 8.18. The Kier molecular flexibility index (Phi) is 11.6. The third kappa shape index (κ3) is 8.95. The lowest BCUT2D eigenvalue weighted by Crippen LogP contribution is -2.24. The summed E-state index contributed by atoms with van der Waals surface area (Å²) < 4.78 is 5.86. The second-order valence-corrected chi connectivity index (χ2v) is 10.7. The number of hydrogen-bond acceptors (Lipinski definition) is 2. The van der Waals surface area contributed by atoms with Gasteiger partial charge in [-0.05, 0) is 80.1 Å². The van der Waals surface area contributed by atoms with Crippen LogP contribution in [0, 0.1) is 11.8 Å². The SMILES string of the molecule is CCCCCCCC1CC=C(c2ccc(C(=O)O[C@H]3CC[C@H](CCCCC)CC3)cc2)CC1. The highest BCUT2D eigenvalue weighted by Gasteiger charge is 2.24. The zero-order valence-corrected chi connectivity index (χ0v) is 21.5. The topological polar surface area (TPSA) is 26.3 Å². The van der Waals surface area contributed by atoms with Crippen LogP contribution in [0.1, 0.15) is 139 Å². The van der Waals surface area contributed by atoms with Crippen LogP contribution in [-0.2, 0) is 4.74 Å². The molecule has 0 heterocycles. The molecule has 1 aromatic carbocycles. The van der Waals surface area contributed by atoms with Crippen LogP contribution in [0.4, 0.5) is 0 Å². The lowest BCUT2D eigenvalue weighted by Gasteiger charge is -2.28. The van der Waals surface area contributed by atoms with Gasteiger partial charge in [0.05, 0.1) is 5.56 Å². The Bertz CT molecular complexity index is 709. The van der Waals surface area contributed by atoms with E-state index < -0.39 is 0 Å². The van der Waals surface area contributed by atoms with Gasteiger partial charge in [0.25, 0.3) is 0 Å². The maximum atomic E-state index is 12.7. The molecule has 1 aromatic rings. The van der Waals surface area contributed by atoms with E-state index in [0.29, 0.717) is 5.56 Å². The Morgan fingerprint density at radius 2 is 1.42 bits per heavy atom. The molecule has 0 spiro atoms. The predicted molar refractivity (Wildman–Crippen MR) is 140 cm³/mol. The molecule has 2 aliphatic carbocycles. The first-order valence-corrected chi connectivity index (χ1v) is 14.2. The molecule has 184 valence electrons. The summed E-state index contributed by atoms with van der Waals surface area (Å²) in [5.74, 6) is 1.57. The molecule has 0 amide bonds. The molecule has 2 heteroatoms. The van der Waals surface area contributed by atoms with Gasteiger partial charge in [-0.1, -0.05) is 96.3 Å². The van der Waals surface area contributed by atoms with E-state index in [9.17, 15) is 4.79 Å². The Balaban J connectivity index is 1.39. The lowest BCUT2D eigenvalue weighted by atomic mass is 9.83. The molecule has 1 unspecified atom stereocenters. The minimum Gasteiger partial charge on any atom is -0.459 e. The molecule has 1 atom stereocenters. The molecule has 0 radical (unpaired) electrons. The Morgan fingerprint density at radius 1 is 0.788 bits per heavy atom. The van der Waals surface area contributed by atoms with E-state index in [-0.39, 0.29) is 12.1 Å². The number of benzene rings is 1. The summed E-state index contributed by atoms with van der Waals surface area (Å²) in [6.07, 6.45) is 24.4. The van der Waals surface area contributed by atoms with Crippen molar-refractivity contribution in [2.75, 3.05) is 0 Å². The van der Waals surface area contributed by atoms with Crippen LogP contribution < -0.4 is 0 Å². The zero-order chi connectivity index (χ0) is 23.3. The lowest BCUT2D eigenvalue weighted by molar-refractivity contribution is 0.0161. The largest absolute Gasteiger partial charge is 0.459 e. The minimum atomic E-state index is -0.142. The van der Waals surface area contributed by atoms with Crippen molar-refractivity contribution in [1.29, 1.82) is 0 Å². The van der Waals surface area contributed by atoms with Gasteiger partial charge in [0, 0.05) is 0 Å². The predicted octanol–water partition coefficient (Wildman–Crippen LogP) is 9.53. The standard InChI is InChI=1S/C31H48O2/c1-3-5-7-8-10-12-25-13-17-27(18-14-25)28-19-21-29(22-20-28)31(32)33-30-23-15-26(16-24-30)11-9-6-4-2/h17,19-22,25-26,30H,3-16,18,23-24H2,1-2H3/t25?,26-,30-. The smallest absolute Gasteiger partial charge is 0.338 e. The van der Waals surface area contributed by atoms with E-state index >= 15 is 0 Å². The van der Waals surface area contributed by atoms with Gasteiger partial charge in [-0.3, -0.25) is 0 Å². The van der Waals surface area contributed by atoms with Gasteiger partial charge in [-0.25, -0.2) is 4.79 Å². The maximum absolute atomic E-state index is 12.7. The molecule has 0 N–H and O–H groups in total. The maximum Gasteiger partial charge on any atom is 0.338 e. The normalized spacial score (nSPS) is 23.2. The summed E-state index contributed by atoms with van der Waals surface area (Å²) in [5.41, 5.74) is 3.43. The molecule has 0 saturated heterocycles. The highest BCUT2D eigenvalue weighted by atomic mass is 16.5. The number of carbonyl (C=O) groups is 1. The molecule has 1 saturated carbocycles. The number of esters is 1. The van der Waals surface area contributed by atoms with Gasteiger partial charge >= 0.3 is 5.97 Å². The van der Waals surface area contributed by atoms with Gasteiger partial charge < -0.3 is 4.74 Å². The van der Waals surface area contributed by atoms with E-state index in [4.69, 9.17) is 4.74 Å². The fourth-order valence-electron chi connectivity index (χ4n) is 5.71. The molecular weight excluding hydrogens is 404 g/mol. The fraction of sp³-hybridized carbons (Fsp3) is 0.710. The highest BCUT2D eigenvalue weighted by molar-refractivity contribution is 5.90. The summed E-state index contributed by atoms with van der Waals surface area (Å²) in [7, 11) is 0. The molecule has 0 aromatic heterocycles. The van der Waals surface area contributed by atoms with Crippen molar-refractivity contribution in [3.63, 3.8) is 0 Å². The summed E-state index contributed by atoms with van der Waals surface area (Å²) in [4.78, 5) is 12.7. The number of rotatable bonds is 13. The number of unbranched alkanes of at least 4 members (excludes halogenated alkanes) is 6. The average Bonchev–Trinajstić information content (AvgIpc) is 2.86. The zero-order valence-electron chi connectivity index (χ0n) is 21.5. The van der Waals surface area contributed by atoms with Crippen LogP contribution in [0.25, 0.3) is 5.57 Å². The van der Waals surface area contributed by atoms with Gasteiger partial charge in [0.15, 0.2) is 0 Å². The van der Waals surface area contributed by atoms with Gasteiger partial charge in [-0.2, -0.15) is 0 Å². The summed E-state index contributed by atoms with van der Waals surface area (Å²) >= 11 is 0. The van der Waals surface area contributed by atoms with Crippen molar-refractivity contribution in [2.45, 2.75) is 129 Å². The van der Waals surface area contributed by atoms with E-state index in [1.807, 2.05) is 12.1 Å². The Labute approximate surface area is 203 Å². The molecule has 2 aliphatic rings. The van der Waals surface area contributed by atoms with Gasteiger partial charge in [-0.15, -0.1) is 0 Å². The summed E-state index contributed by atoms with van der Waals surface area (Å²) in [5, 5.41) is 0. The molecule has 1 fully saturated rings. The van der Waals surface area contributed by atoms with Gasteiger partial charge in [0.1, 0.15) is 6.10 Å². The Hall–Kier alpha value is -1.57. The minimum absolute atomic E-state index is 0.111. The number of allylic oxidation sites excluding steroid dienone is 2. The molecule has 3 rings (SSSR count). The van der Waals surface area contributed by atoms with Crippen LogP contribution in [-0.4, -0.2) is 12.1 Å². The fourth-order valence-corrected chi connectivity index (χ4v) is 5.71. The van der Waals surface area contributed by atoms with Crippen LogP contribution in [0.2, 0.25) is 0 Å². The highest BCUT2D eigenvalue weighted by Crippen LogP contribution is 2.33. The van der Waals surface area contributed by atoms with E-state index in [2.05, 4.69) is 32.1 Å². The first-order chi connectivity index (χ1) is 16.2. The summed E-state index contributed by atoms with van der Waals surface area (Å²) in [6.45, 7) is 4.55. The van der Waals surface area contributed by atoms with Crippen molar-refractivity contribution in [3.8, 4) is 0 Å². The first kappa shape index (κ1) is 26.0. The second kappa shape index (κ2) is 14.6. The molecule has 2 nitrogen and oxygen atoms in total. The quantitative estimate of drug-likeness (QED) is 0.220. The number of carbonyl (C=O) groups excluding carboxylic acids is 1. The monoisotopic (exact) mass is 452 g/mol. The molecule has 33 heavy (non-hydrogen) atoms. The average molecular weight is 453 g/mol. The number of ether oxygens (including phenoxy) is 1. The van der Waals surface area contributed by atoms with Crippen molar-refractivity contribution < 1.29 is 9.53 Å². The Morgan fingerprint density at radius 3 is 2.09 bits per heavy atom.